The maximum Gasteiger partial charge on any atom is 0.337 e. The number of methoxy groups -OCH3 is 1. The number of rotatable bonds is 4. The highest BCUT2D eigenvalue weighted by Gasteiger charge is 2.44. The molecule has 1 aromatic rings. The monoisotopic (exact) mass is 365 g/mol. The number of ether oxygens (including phenoxy) is 2. The van der Waals surface area contributed by atoms with Crippen molar-refractivity contribution in [3.05, 3.63) is 34.4 Å². The first-order valence-electron chi connectivity index (χ1n) is 8.16. The number of hydroxylamine groups is 1. The second-order valence-electron chi connectivity index (χ2n) is 5.91. The Morgan fingerprint density at radius 2 is 1.88 bits per heavy atom. The topological polar surface area (TPSA) is 111 Å². The number of carbonyl (C=O) groups excluding carboxylic acids is 2. The van der Waals surface area contributed by atoms with Gasteiger partial charge >= 0.3 is 5.97 Å². The van der Waals surface area contributed by atoms with Gasteiger partial charge in [0.25, 0.3) is 5.69 Å². The molecular weight excluding hydrogens is 346 g/mol. The summed E-state index contributed by atoms with van der Waals surface area (Å²) in [5.74, 6) is -0.757. The first-order valence-corrected chi connectivity index (χ1v) is 8.16. The second-order valence-corrected chi connectivity index (χ2v) is 5.91. The molecule has 26 heavy (non-hydrogen) atoms. The van der Waals surface area contributed by atoms with E-state index in [-0.39, 0.29) is 18.0 Å². The number of benzene rings is 1. The Labute approximate surface area is 149 Å². The van der Waals surface area contributed by atoms with E-state index in [9.17, 15) is 19.7 Å². The van der Waals surface area contributed by atoms with Gasteiger partial charge < -0.3 is 14.4 Å². The van der Waals surface area contributed by atoms with Crippen molar-refractivity contribution in [2.75, 3.05) is 38.5 Å². The summed E-state index contributed by atoms with van der Waals surface area (Å²) in [6.07, 6.45) is -0.773. The number of nitro groups is 1. The van der Waals surface area contributed by atoms with Crippen molar-refractivity contribution in [1.82, 2.24) is 4.90 Å². The normalized spacial score (nSPS) is 23.0. The van der Waals surface area contributed by atoms with Crippen LogP contribution in [0.15, 0.2) is 24.3 Å². The summed E-state index contributed by atoms with van der Waals surface area (Å²) in [7, 11) is 1.25. The summed E-state index contributed by atoms with van der Waals surface area (Å²) in [6, 6.07) is 4.88. The van der Waals surface area contributed by atoms with Crippen LogP contribution in [0.1, 0.15) is 6.42 Å². The van der Waals surface area contributed by atoms with E-state index in [0.29, 0.717) is 32.0 Å². The van der Waals surface area contributed by atoms with Crippen molar-refractivity contribution >= 4 is 23.3 Å². The summed E-state index contributed by atoms with van der Waals surface area (Å²) >= 11 is 0. The molecule has 0 saturated carbocycles. The zero-order valence-corrected chi connectivity index (χ0v) is 14.2. The fourth-order valence-corrected chi connectivity index (χ4v) is 2.98. The van der Waals surface area contributed by atoms with Crippen molar-refractivity contribution in [2.45, 2.75) is 18.6 Å². The molecule has 2 aliphatic rings. The lowest BCUT2D eigenvalue weighted by Crippen LogP contribution is -2.49. The second kappa shape index (κ2) is 7.67. The lowest BCUT2D eigenvalue weighted by molar-refractivity contribution is -0.384. The number of non-ortho nitro benzene ring substituents is 1. The highest BCUT2D eigenvalue weighted by atomic mass is 16.7. The highest BCUT2D eigenvalue weighted by molar-refractivity contribution is 5.87. The van der Waals surface area contributed by atoms with E-state index < -0.39 is 23.0 Å². The fraction of sp³-hybridized carbons (Fsp3) is 0.500. The number of esters is 1. The van der Waals surface area contributed by atoms with Gasteiger partial charge in [-0.05, 0) is 12.1 Å². The maximum atomic E-state index is 12.9. The Balaban J connectivity index is 1.84. The van der Waals surface area contributed by atoms with Crippen LogP contribution in [0.2, 0.25) is 0 Å². The van der Waals surface area contributed by atoms with Crippen molar-refractivity contribution in [2.24, 2.45) is 0 Å². The van der Waals surface area contributed by atoms with Crippen molar-refractivity contribution < 1.29 is 28.8 Å². The van der Waals surface area contributed by atoms with Crippen LogP contribution >= 0.6 is 0 Å². The predicted octanol–water partition coefficient (Wildman–Crippen LogP) is 0.505. The lowest BCUT2D eigenvalue weighted by Gasteiger charge is -2.32. The summed E-state index contributed by atoms with van der Waals surface area (Å²) in [5.41, 5.74) is 0.377. The zero-order chi connectivity index (χ0) is 18.7. The average Bonchev–Trinajstić information content (AvgIpc) is 3.13. The van der Waals surface area contributed by atoms with Gasteiger partial charge in [0.15, 0.2) is 6.10 Å². The highest BCUT2D eigenvalue weighted by Crippen LogP contribution is 2.31. The van der Waals surface area contributed by atoms with Gasteiger partial charge in [0.05, 0.1) is 30.9 Å². The zero-order valence-electron chi connectivity index (χ0n) is 14.2. The Morgan fingerprint density at radius 3 is 2.46 bits per heavy atom. The van der Waals surface area contributed by atoms with Crippen LogP contribution in [0.4, 0.5) is 11.4 Å². The third-order valence-corrected chi connectivity index (χ3v) is 4.35. The SMILES string of the molecule is COC(=O)C1CC(C(=O)N2CCOCC2)N(c2ccc([N+](=O)[O-])cc2)O1. The van der Waals surface area contributed by atoms with Crippen LogP contribution < -0.4 is 5.06 Å². The van der Waals surface area contributed by atoms with Crippen LogP contribution in [0.3, 0.4) is 0 Å². The van der Waals surface area contributed by atoms with E-state index in [2.05, 4.69) is 0 Å². The van der Waals surface area contributed by atoms with Crippen LogP contribution in [0.5, 0.6) is 0 Å². The number of hydrogen-bond donors (Lipinski definition) is 0. The third-order valence-electron chi connectivity index (χ3n) is 4.35. The molecule has 10 nitrogen and oxygen atoms in total. The van der Waals surface area contributed by atoms with Gasteiger partial charge in [-0.2, -0.15) is 0 Å². The minimum atomic E-state index is -0.912. The van der Waals surface area contributed by atoms with Crippen LogP contribution in [-0.4, -0.2) is 67.3 Å². The van der Waals surface area contributed by atoms with E-state index >= 15 is 0 Å². The van der Waals surface area contributed by atoms with Crippen LogP contribution in [0.25, 0.3) is 0 Å². The Morgan fingerprint density at radius 1 is 1.23 bits per heavy atom. The van der Waals surface area contributed by atoms with Gasteiger partial charge in [-0.15, -0.1) is 0 Å². The van der Waals surface area contributed by atoms with Crippen molar-refractivity contribution in [3.63, 3.8) is 0 Å². The molecule has 1 amide bonds. The Kier molecular flexibility index (Phi) is 5.33. The minimum Gasteiger partial charge on any atom is -0.467 e. The number of carbonyl (C=O) groups is 2. The molecule has 140 valence electrons. The maximum absolute atomic E-state index is 12.9. The van der Waals surface area contributed by atoms with E-state index in [1.165, 1.54) is 36.4 Å². The van der Waals surface area contributed by atoms with Gasteiger partial charge in [-0.3, -0.25) is 19.7 Å². The molecule has 2 fully saturated rings. The molecule has 10 heteroatoms. The largest absolute Gasteiger partial charge is 0.467 e. The molecule has 3 rings (SSSR count). The van der Waals surface area contributed by atoms with Gasteiger partial charge in [0.1, 0.15) is 6.04 Å². The number of nitrogens with zero attached hydrogens (tertiary/aromatic N) is 3. The first-order chi connectivity index (χ1) is 12.5. The fourth-order valence-electron chi connectivity index (χ4n) is 2.98. The molecule has 1 aromatic carbocycles. The van der Waals surface area contributed by atoms with Crippen LogP contribution in [-0.2, 0) is 23.9 Å². The number of hydrogen-bond acceptors (Lipinski definition) is 8. The Hall–Kier alpha value is -2.72. The molecule has 2 saturated heterocycles. The van der Waals surface area contributed by atoms with E-state index in [0.717, 1.165) is 0 Å². The minimum absolute atomic E-state index is 0.0754. The summed E-state index contributed by atoms with van der Waals surface area (Å²) in [4.78, 5) is 42.4. The molecule has 0 bridgehead atoms. The lowest BCUT2D eigenvalue weighted by atomic mass is 10.1. The standard InChI is InChI=1S/C16H19N3O7/c1-24-16(21)14-10-13(15(20)17-6-8-25-9-7-17)18(26-14)11-2-4-12(5-3-11)19(22)23/h2-5,13-14H,6-10H2,1H3. The molecule has 0 radical (unpaired) electrons. The van der Waals surface area contributed by atoms with E-state index in [1.54, 1.807) is 4.90 Å². The van der Waals surface area contributed by atoms with Gasteiger partial charge in [0, 0.05) is 31.6 Å². The molecule has 0 N–H and O–H groups in total. The number of amides is 1. The molecule has 2 aliphatic heterocycles. The average molecular weight is 365 g/mol. The summed E-state index contributed by atoms with van der Waals surface area (Å²) in [5, 5.41) is 12.2. The predicted molar refractivity (Wildman–Crippen MR) is 88.3 cm³/mol. The quantitative estimate of drug-likeness (QED) is 0.431. The van der Waals surface area contributed by atoms with E-state index in [1.807, 2.05) is 0 Å². The van der Waals surface area contributed by atoms with E-state index in [4.69, 9.17) is 14.3 Å². The molecule has 2 heterocycles. The molecule has 2 unspecified atom stereocenters. The molecule has 2 atom stereocenters. The van der Waals surface area contributed by atoms with Gasteiger partial charge in [0.2, 0.25) is 5.91 Å². The van der Waals surface area contributed by atoms with Gasteiger partial charge in [-0.1, -0.05) is 0 Å². The molecule has 0 aromatic heterocycles. The number of anilines is 1. The molecular formula is C16H19N3O7. The third kappa shape index (κ3) is 3.60. The molecule has 0 aliphatic carbocycles. The number of morpholine rings is 1. The summed E-state index contributed by atoms with van der Waals surface area (Å²) in [6.45, 7) is 1.84. The molecule has 0 spiro atoms. The van der Waals surface area contributed by atoms with Crippen molar-refractivity contribution in [3.8, 4) is 0 Å². The van der Waals surface area contributed by atoms with Crippen molar-refractivity contribution in [1.29, 1.82) is 0 Å². The number of nitro benzene ring substituents is 1. The first kappa shape index (κ1) is 18.1. The summed E-state index contributed by atoms with van der Waals surface area (Å²) < 4.78 is 9.98. The van der Waals surface area contributed by atoms with Crippen LogP contribution in [0, 0.1) is 10.1 Å². The Bertz CT molecular complexity index is 688. The smallest absolute Gasteiger partial charge is 0.337 e. The van der Waals surface area contributed by atoms with Gasteiger partial charge in [-0.25, -0.2) is 9.86 Å².